The van der Waals surface area contributed by atoms with E-state index >= 15 is 0 Å². The van der Waals surface area contributed by atoms with Gasteiger partial charge in [-0.1, -0.05) is 91.0 Å². The molecule has 3 aromatic rings. The van der Waals surface area contributed by atoms with Crippen LogP contribution >= 0.6 is 7.92 Å². The summed E-state index contributed by atoms with van der Waals surface area (Å²) in [5.41, 5.74) is 0. The van der Waals surface area contributed by atoms with E-state index in [-0.39, 0.29) is 33.5 Å². The van der Waals surface area contributed by atoms with E-state index in [1.807, 2.05) is 12.2 Å². The number of rotatable bonds is 3. The Bertz CT molecular complexity index is 682. The first-order valence-corrected chi connectivity index (χ1v) is 9.46. The van der Waals surface area contributed by atoms with E-state index in [9.17, 15) is 0 Å². The molecule has 0 heterocycles. The maximum atomic E-state index is 2.99. The molecule has 0 radical (unpaired) electrons. The average Bonchev–Trinajstić information content (AvgIpc) is 3.25. The molecule has 0 N–H and O–H groups in total. The third kappa shape index (κ3) is 6.69. The van der Waals surface area contributed by atoms with E-state index < -0.39 is 7.92 Å². The van der Waals surface area contributed by atoms with Crippen molar-refractivity contribution in [2.24, 2.45) is 0 Å². The number of hydrogen-bond acceptors (Lipinski definition) is 0. The SMILES string of the molecule is [Br-].[C-]1=CC=CC1.[Ni+2].c1ccc(P(c2ccccc2)c2ccccc2)cc1. The molecule has 0 fully saturated rings. The van der Waals surface area contributed by atoms with Gasteiger partial charge in [-0.2, -0.15) is 6.08 Å². The summed E-state index contributed by atoms with van der Waals surface area (Å²) in [7, 11) is -0.446. The summed E-state index contributed by atoms with van der Waals surface area (Å²) < 4.78 is 0. The first kappa shape index (κ1) is 22.6. The van der Waals surface area contributed by atoms with E-state index in [0.29, 0.717) is 0 Å². The van der Waals surface area contributed by atoms with Crippen molar-refractivity contribution in [3.63, 3.8) is 0 Å². The average molecular weight is 466 g/mol. The van der Waals surface area contributed by atoms with Gasteiger partial charge in [0.25, 0.3) is 0 Å². The summed E-state index contributed by atoms with van der Waals surface area (Å²) in [5, 5.41) is 4.19. The molecule has 0 bridgehead atoms. The van der Waals surface area contributed by atoms with Gasteiger partial charge in [0.1, 0.15) is 0 Å². The molecule has 134 valence electrons. The van der Waals surface area contributed by atoms with Crippen LogP contribution in [0, 0.1) is 6.08 Å². The van der Waals surface area contributed by atoms with Crippen LogP contribution in [0.2, 0.25) is 0 Å². The third-order valence-corrected chi connectivity index (χ3v) is 6.07. The van der Waals surface area contributed by atoms with Gasteiger partial charge in [-0.15, -0.1) is 6.42 Å². The first-order valence-electron chi connectivity index (χ1n) is 8.12. The van der Waals surface area contributed by atoms with Crippen molar-refractivity contribution in [2.75, 3.05) is 0 Å². The Kier molecular flexibility index (Phi) is 11.1. The topological polar surface area (TPSA) is 0 Å². The van der Waals surface area contributed by atoms with Crippen LogP contribution < -0.4 is 32.9 Å². The molecule has 0 unspecified atom stereocenters. The quantitative estimate of drug-likeness (QED) is 0.314. The van der Waals surface area contributed by atoms with E-state index in [1.54, 1.807) is 0 Å². The second-order valence-electron chi connectivity index (χ2n) is 5.35. The Morgan fingerprint density at radius 2 is 1.00 bits per heavy atom. The van der Waals surface area contributed by atoms with Crippen LogP contribution in [0.4, 0.5) is 0 Å². The smallest absolute Gasteiger partial charge is 1.00 e. The number of benzene rings is 3. The van der Waals surface area contributed by atoms with Crippen molar-refractivity contribution >= 4 is 23.8 Å². The van der Waals surface area contributed by atoms with Gasteiger partial charge in [-0.3, -0.25) is 6.08 Å². The van der Waals surface area contributed by atoms with Crippen LogP contribution in [0.3, 0.4) is 0 Å². The molecule has 0 nitrogen and oxygen atoms in total. The van der Waals surface area contributed by atoms with Crippen LogP contribution in [0.1, 0.15) is 6.42 Å². The molecule has 0 atom stereocenters. The molecule has 0 spiro atoms. The largest absolute Gasteiger partial charge is 2.00 e. The Morgan fingerprint density at radius 1 is 0.615 bits per heavy atom. The molecule has 26 heavy (non-hydrogen) atoms. The van der Waals surface area contributed by atoms with E-state index in [2.05, 4.69) is 103 Å². The molecule has 1 aliphatic carbocycles. The van der Waals surface area contributed by atoms with Gasteiger partial charge < -0.3 is 17.0 Å². The van der Waals surface area contributed by atoms with Gasteiger partial charge in [-0.25, -0.2) is 12.2 Å². The van der Waals surface area contributed by atoms with Crippen molar-refractivity contribution in [2.45, 2.75) is 6.42 Å². The summed E-state index contributed by atoms with van der Waals surface area (Å²) in [6, 6.07) is 32.3. The van der Waals surface area contributed by atoms with E-state index in [1.165, 1.54) is 15.9 Å². The minimum Gasteiger partial charge on any atom is -1.00 e. The molecule has 0 aromatic heterocycles. The summed E-state index contributed by atoms with van der Waals surface area (Å²) in [5.74, 6) is 0. The van der Waals surface area contributed by atoms with Crippen LogP contribution in [0.25, 0.3) is 0 Å². The molecule has 3 aromatic carbocycles. The van der Waals surface area contributed by atoms with Gasteiger partial charge >= 0.3 is 16.5 Å². The van der Waals surface area contributed by atoms with Gasteiger partial charge in [0.2, 0.25) is 0 Å². The Hall–Kier alpha value is -1.46. The second-order valence-corrected chi connectivity index (χ2v) is 7.57. The van der Waals surface area contributed by atoms with Gasteiger partial charge in [0.15, 0.2) is 0 Å². The molecule has 0 aliphatic heterocycles. The first-order chi connectivity index (χ1) is 11.9. The van der Waals surface area contributed by atoms with E-state index in [0.717, 1.165) is 6.42 Å². The predicted molar refractivity (Wildman–Crippen MR) is 107 cm³/mol. The molecule has 4 rings (SSSR count). The van der Waals surface area contributed by atoms with Gasteiger partial charge in [0.05, 0.1) is 0 Å². The fourth-order valence-electron chi connectivity index (χ4n) is 2.52. The zero-order valence-corrected chi connectivity index (χ0v) is 17.7. The number of allylic oxidation sites excluding steroid dienone is 4. The zero-order valence-electron chi connectivity index (χ0n) is 14.2. The summed E-state index contributed by atoms with van der Waals surface area (Å²) in [4.78, 5) is 0. The van der Waals surface area contributed by atoms with Crippen molar-refractivity contribution < 1.29 is 33.5 Å². The van der Waals surface area contributed by atoms with Crippen LogP contribution in [0.5, 0.6) is 0 Å². The van der Waals surface area contributed by atoms with Gasteiger partial charge in [0, 0.05) is 0 Å². The molecular weight excluding hydrogens is 446 g/mol. The van der Waals surface area contributed by atoms with Crippen LogP contribution in [-0.4, -0.2) is 0 Å². The number of halogens is 1. The normalized spacial score (nSPS) is 11.1. The minimum atomic E-state index is -0.446. The Morgan fingerprint density at radius 3 is 1.23 bits per heavy atom. The maximum Gasteiger partial charge on any atom is 2.00 e. The fraction of sp³-hybridized carbons (Fsp3) is 0.0435. The monoisotopic (exact) mass is 464 g/mol. The fourth-order valence-corrected chi connectivity index (χ4v) is 4.82. The van der Waals surface area contributed by atoms with Crippen molar-refractivity contribution in [3.8, 4) is 0 Å². The van der Waals surface area contributed by atoms with Crippen LogP contribution in [0.15, 0.2) is 109 Å². The number of hydrogen-bond donors (Lipinski definition) is 0. The molecule has 1 aliphatic rings. The standard InChI is InChI=1S/C18H15P.C5H5.BrH.Ni/c1-4-10-16(11-5-1)19(17-12-6-2-7-13-17)18-14-8-3-9-15-18;1-2-4-5-3-1;;/h1-15H;1-3H,4H2;1H;/q;-1;;+2/p-1. The van der Waals surface area contributed by atoms with Crippen molar-refractivity contribution in [1.82, 2.24) is 0 Å². The Balaban J connectivity index is 0.000000421. The summed E-state index contributed by atoms with van der Waals surface area (Å²) >= 11 is 0. The van der Waals surface area contributed by atoms with Gasteiger partial charge in [-0.05, 0) is 23.8 Å². The predicted octanol–water partition coefficient (Wildman–Crippen LogP) is 1.75. The third-order valence-electron chi connectivity index (χ3n) is 3.63. The zero-order chi connectivity index (χ0) is 16.5. The molecular formula is C23H20BrNiP. The maximum absolute atomic E-state index is 2.99. The van der Waals surface area contributed by atoms with Crippen molar-refractivity contribution in [1.29, 1.82) is 0 Å². The second kappa shape index (κ2) is 12.8. The van der Waals surface area contributed by atoms with Crippen LogP contribution in [-0.2, 0) is 16.5 Å². The minimum absolute atomic E-state index is 0. The Labute approximate surface area is 178 Å². The summed E-state index contributed by atoms with van der Waals surface area (Å²) in [6.45, 7) is 0. The van der Waals surface area contributed by atoms with Crippen molar-refractivity contribution in [3.05, 3.63) is 115 Å². The molecule has 0 amide bonds. The summed E-state index contributed by atoms with van der Waals surface area (Å²) in [6.07, 6.45) is 10.0. The van der Waals surface area contributed by atoms with E-state index in [4.69, 9.17) is 0 Å². The molecule has 0 saturated heterocycles. The molecule has 0 saturated carbocycles. The molecule has 3 heteroatoms.